The maximum Gasteiger partial charge on any atom is 0.226 e. The van der Waals surface area contributed by atoms with Crippen molar-refractivity contribution in [2.24, 2.45) is 0 Å². The third-order valence-electron chi connectivity index (χ3n) is 2.65. The number of nitrogens with zero attached hydrogens (tertiary/aromatic N) is 2. The van der Waals surface area contributed by atoms with Crippen LogP contribution in [0.15, 0.2) is 36.5 Å². The number of nitrogens with one attached hydrogen (secondary N) is 2. The lowest BCUT2D eigenvalue weighted by Gasteiger charge is -2.09. The Labute approximate surface area is 128 Å². The quantitative estimate of drug-likeness (QED) is 0.760. The molecule has 0 radical (unpaired) electrons. The van der Waals surface area contributed by atoms with E-state index in [1.807, 2.05) is 12.1 Å². The zero-order valence-electron chi connectivity index (χ0n) is 12.5. The molecule has 0 unspecified atom stereocenters. The minimum Gasteiger partial charge on any atom is -0.492 e. The summed E-state index contributed by atoms with van der Waals surface area (Å²) in [6, 6.07) is 8.89. The monoisotopic (exact) mass is 302 g/mol. The fourth-order valence-electron chi connectivity index (χ4n) is 1.74. The van der Waals surface area contributed by atoms with Gasteiger partial charge < -0.3 is 20.1 Å². The molecule has 2 rings (SSSR count). The normalized spacial score (nSPS) is 9.91. The molecule has 1 amide bonds. The molecule has 0 atom stereocenters. The number of methoxy groups -OCH3 is 1. The molecule has 2 N–H and O–H groups in total. The van der Waals surface area contributed by atoms with Crippen LogP contribution in [0, 0.1) is 0 Å². The minimum atomic E-state index is -0.117. The van der Waals surface area contributed by atoms with E-state index >= 15 is 0 Å². The number of ether oxygens (including phenoxy) is 2. The van der Waals surface area contributed by atoms with Crippen molar-refractivity contribution in [3.05, 3.63) is 36.5 Å². The second kappa shape index (κ2) is 7.82. The zero-order valence-corrected chi connectivity index (χ0v) is 12.5. The van der Waals surface area contributed by atoms with E-state index in [1.165, 1.54) is 6.92 Å². The standard InChI is InChI=1S/C15H18N4O3/c1-11(20)18-12-4-3-5-13(10-12)22-9-8-17-15-16-7-6-14(19-15)21-2/h3-7,10H,8-9H2,1-2H3,(H,18,20)(H,16,17,19). The molecule has 22 heavy (non-hydrogen) atoms. The van der Waals surface area contributed by atoms with Crippen molar-refractivity contribution >= 4 is 17.5 Å². The largest absolute Gasteiger partial charge is 0.492 e. The molecule has 7 nitrogen and oxygen atoms in total. The summed E-state index contributed by atoms with van der Waals surface area (Å²) in [6.45, 7) is 2.44. The van der Waals surface area contributed by atoms with Gasteiger partial charge in [0.1, 0.15) is 12.4 Å². The van der Waals surface area contributed by atoms with Crippen LogP contribution < -0.4 is 20.1 Å². The predicted octanol–water partition coefficient (Wildman–Crippen LogP) is 1.93. The van der Waals surface area contributed by atoms with Gasteiger partial charge in [0.2, 0.25) is 17.7 Å². The maximum absolute atomic E-state index is 11.0. The number of benzene rings is 1. The second-order valence-electron chi connectivity index (χ2n) is 4.41. The SMILES string of the molecule is COc1ccnc(NCCOc2cccc(NC(C)=O)c2)n1. The van der Waals surface area contributed by atoms with Crippen LogP contribution in [0.5, 0.6) is 11.6 Å². The molecule has 1 aromatic heterocycles. The van der Waals surface area contributed by atoms with Crippen molar-refractivity contribution in [1.82, 2.24) is 9.97 Å². The predicted molar refractivity (Wildman–Crippen MR) is 83.3 cm³/mol. The van der Waals surface area contributed by atoms with E-state index in [0.29, 0.717) is 36.4 Å². The Morgan fingerprint density at radius 1 is 1.32 bits per heavy atom. The topological polar surface area (TPSA) is 85.4 Å². The number of hydrogen-bond donors (Lipinski definition) is 2. The highest BCUT2D eigenvalue weighted by atomic mass is 16.5. The summed E-state index contributed by atoms with van der Waals surface area (Å²) in [6.07, 6.45) is 1.62. The number of rotatable bonds is 7. The molecular weight excluding hydrogens is 284 g/mol. The summed E-state index contributed by atoms with van der Waals surface area (Å²) in [5, 5.41) is 5.75. The molecule has 0 saturated carbocycles. The van der Waals surface area contributed by atoms with Gasteiger partial charge in [-0.1, -0.05) is 6.07 Å². The minimum absolute atomic E-state index is 0.117. The number of carbonyl (C=O) groups is 1. The summed E-state index contributed by atoms with van der Waals surface area (Å²) in [7, 11) is 1.55. The fourth-order valence-corrected chi connectivity index (χ4v) is 1.74. The van der Waals surface area contributed by atoms with E-state index in [2.05, 4.69) is 20.6 Å². The molecule has 0 aliphatic carbocycles. The van der Waals surface area contributed by atoms with E-state index < -0.39 is 0 Å². The molecular formula is C15H18N4O3. The molecule has 0 saturated heterocycles. The highest BCUT2D eigenvalue weighted by Gasteiger charge is 2.00. The lowest BCUT2D eigenvalue weighted by molar-refractivity contribution is -0.114. The van der Waals surface area contributed by atoms with Crippen LogP contribution >= 0.6 is 0 Å². The van der Waals surface area contributed by atoms with Gasteiger partial charge in [-0.2, -0.15) is 4.98 Å². The third-order valence-corrected chi connectivity index (χ3v) is 2.65. The Morgan fingerprint density at radius 2 is 2.18 bits per heavy atom. The number of aromatic nitrogens is 2. The van der Waals surface area contributed by atoms with E-state index in [9.17, 15) is 4.79 Å². The Bertz CT molecular complexity index is 634. The molecule has 0 bridgehead atoms. The van der Waals surface area contributed by atoms with Gasteiger partial charge in [0.15, 0.2) is 0 Å². The van der Waals surface area contributed by atoms with Gasteiger partial charge in [0, 0.05) is 30.9 Å². The smallest absolute Gasteiger partial charge is 0.226 e. The Kier molecular flexibility index (Phi) is 5.53. The van der Waals surface area contributed by atoms with Gasteiger partial charge in [-0.3, -0.25) is 4.79 Å². The van der Waals surface area contributed by atoms with E-state index in [4.69, 9.17) is 9.47 Å². The van der Waals surface area contributed by atoms with Crippen LogP contribution in [-0.2, 0) is 4.79 Å². The molecule has 0 aliphatic heterocycles. The lowest BCUT2D eigenvalue weighted by Crippen LogP contribution is -2.13. The van der Waals surface area contributed by atoms with Crippen LogP contribution in [0.3, 0.4) is 0 Å². The average molecular weight is 302 g/mol. The van der Waals surface area contributed by atoms with E-state index in [0.717, 1.165) is 0 Å². The highest BCUT2D eigenvalue weighted by molar-refractivity contribution is 5.88. The number of hydrogen-bond acceptors (Lipinski definition) is 6. The van der Waals surface area contributed by atoms with Crippen molar-refractivity contribution in [2.75, 3.05) is 30.9 Å². The van der Waals surface area contributed by atoms with Crippen molar-refractivity contribution in [2.45, 2.75) is 6.92 Å². The van der Waals surface area contributed by atoms with Crippen LogP contribution in [0.1, 0.15) is 6.92 Å². The van der Waals surface area contributed by atoms with E-state index in [-0.39, 0.29) is 5.91 Å². The first kappa shape index (κ1) is 15.6. The van der Waals surface area contributed by atoms with Gasteiger partial charge in [-0.15, -0.1) is 0 Å². The first-order chi connectivity index (χ1) is 10.7. The third kappa shape index (κ3) is 4.93. The maximum atomic E-state index is 11.0. The molecule has 1 heterocycles. The molecule has 0 spiro atoms. The summed E-state index contributed by atoms with van der Waals surface area (Å²) >= 11 is 0. The lowest BCUT2D eigenvalue weighted by atomic mass is 10.3. The van der Waals surface area contributed by atoms with Gasteiger partial charge >= 0.3 is 0 Å². The molecule has 0 aliphatic rings. The van der Waals surface area contributed by atoms with Gasteiger partial charge in [0.25, 0.3) is 0 Å². The summed E-state index contributed by atoms with van der Waals surface area (Å²) in [5.41, 5.74) is 0.703. The van der Waals surface area contributed by atoms with Crippen LogP contribution in [0.4, 0.5) is 11.6 Å². The van der Waals surface area contributed by atoms with Crippen LogP contribution in [0.2, 0.25) is 0 Å². The molecule has 2 aromatic rings. The molecule has 116 valence electrons. The summed E-state index contributed by atoms with van der Waals surface area (Å²) in [4.78, 5) is 19.2. The van der Waals surface area contributed by atoms with Gasteiger partial charge in [-0.25, -0.2) is 4.98 Å². The van der Waals surface area contributed by atoms with Crippen molar-refractivity contribution in [3.63, 3.8) is 0 Å². The fraction of sp³-hybridized carbons (Fsp3) is 0.267. The van der Waals surface area contributed by atoms with Crippen molar-refractivity contribution in [1.29, 1.82) is 0 Å². The van der Waals surface area contributed by atoms with Gasteiger partial charge in [0.05, 0.1) is 13.7 Å². The summed E-state index contributed by atoms with van der Waals surface area (Å²) < 4.78 is 10.6. The molecule has 0 fully saturated rings. The number of anilines is 2. The number of amides is 1. The van der Waals surface area contributed by atoms with Crippen molar-refractivity contribution < 1.29 is 14.3 Å². The summed E-state index contributed by atoms with van der Waals surface area (Å²) in [5.74, 6) is 1.55. The second-order valence-corrected chi connectivity index (χ2v) is 4.41. The molecule has 7 heteroatoms. The Morgan fingerprint density at radius 3 is 2.95 bits per heavy atom. The zero-order chi connectivity index (χ0) is 15.8. The van der Waals surface area contributed by atoms with E-state index in [1.54, 1.807) is 31.5 Å². The highest BCUT2D eigenvalue weighted by Crippen LogP contribution is 2.17. The Balaban J connectivity index is 1.79. The van der Waals surface area contributed by atoms with Crippen LogP contribution in [-0.4, -0.2) is 36.1 Å². The first-order valence-electron chi connectivity index (χ1n) is 6.79. The molecule has 1 aromatic carbocycles. The Hall–Kier alpha value is -2.83. The number of carbonyl (C=O) groups excluding carboxylic acids is 1. The van der Waals surface area contributed by atoms with Gasteiger partial charge in [-0.05, 0) is 12.1 Å². The average Bonchev–Trinajstić information content (AvgIpc) is 2.51. The first-order valence-corrected chi connectivity index (χ1v) is 6.79. The van der Waals surface area contributed by atoms with Crippen LogP contribution in [0.25, 0.3) is 0 Å². The van der Waals surface area contributed by atoms with Crippen molar-refractivity contribution in [3.8, 4) is 11.6 Å².